The summed E-state index contributed by atoms with van der Waals surface area (Å²) in [5.74, 6) is -3.17. The summed E-state index contributed by atoms with van der Waals surface area (Å²) in [4.78, 5) is 1.03. The molecular weight excluding hydrogens is 266 g/mol. The standard InChI is InChI=1S/C12H13F4NS/c13-11(14)12(15,16)7-17-9-5-6-18-10-4-2-1-3-8(9)10/h1-4,9,11,17H,5-7H2. The molecule has 1 unspecified atom stereocenters. The molecular formula is C12H13F4NS. The van der Waals surface area contributed by atoms with Gasteiger partial charge in [-0.05, 0) is 23.8 Å². The molecule has 6 heteroatoms. The van der Waals surface area contributed by atoms with Crippen molar-refractivity contribution in [3.8, 4) is 0 Å². The second-order valence-corrected chi connectivity index (χ2v) is 5.31. The topological polar surface area (TPSA) is 12.0 Å². The van der Waals surface area contributed by atoms with Crippen LogP contribution in [0.3, 0.4) is 0 Å². The first-order valence-corrected chi connectivity index (χ1v) is 6.60. The van der Waals surface area contributed by atoms with E-state index in [0.29, 0.717) is 6.42 Å². The molecule has 1 atom stereocenters. The zero-order chi connectivity index (χ0) is 13.2. The Bertz CT molecular complexity index is 411. The molecule has 0 radical (unpaired) electrons. The number of rotatable bonds is 4. The molecule has 18 heavy (non-hydrogen) atoms. The Balaban J connectivity index is 2.04. The van der Waals surface area contributed by atoms with Crippen LogP contribution in [0.2, 0.25) is 0 Å². The SMILES string of the molecule is FC(F)C(F)(F)CNC1CCSc2ccccc21. The Morgan fingerprint density at radius 3 is 2.78 bits per heavy atom. The van der Waals surface area contributed by atoms with Crippen LogP contribution in [0, 0.1) is 0 Å². The molecule has 1 N–H and O–H groups in total. The average Bonchev–Trinajstić information content (AvgIpc) is 2.36. The molecule has 0 fully saturated rings. The molecule has 0 saturated carbocycles. The van der Waals surface area contributed by atoms with Gasteiger partial charge in [-0.3, -0.25) is 0 Å². The molecule has 0 bridgehead atoms. The van der Waals surface area contributed by atoms with Crippen LogP contribution in [-0.2, 0) is 0 Å². The van der Waals surface area contributed by atoms with Crippen molar-refractivity contribution in [3.63, 3.8) is 0 Å². The van der Waals surface area contributed by atoms with E-state index < -0.39 is 18.9 Å². The van der Waals surface area contributed by atoms with Gasteiger partial charge in [-0.15, -0.1) is 11.8 Å². The van der Waals surface area contributed by atoms with Crippen LogP contribution < -0.4 is 5.32 Å². The Hall–Kier alpha value is -0.750. The highest BCUT2D eigenvalue weighted by molar-refractivity contribution is 7.99. The van der Waals surface area contributed by atoms with E-state index >= 15 is 0 Å². The van der Waals surface area contributed by atoms with Crippen LogP contribution in [-0.4, -0.2) is 24.6 Å². The zero-order valence-electron chi connectivity index (χ0n) is 9.51. The van der Waals surface area contributed by atoms with E-state index in [9.17, 15) is 17.6 Å². The van der Waals surface area contributed by atoms with Crippen LogP contribution in [0.4, 0.5) is 17.6 Å². The van der Waals surface area contributed by atoms with Gasteiger partial charge < -0.3 is 5.32 Å². The van der Waals surface area contributed by atoms with E-state index in [1.165, 1.54) is 0 Å². The van der Waals surface area contributed by atoms with E-state index in [2.05, 4.69) is 5.32 Å². The van der Waals surface area contributed by atoms with E-state index in [1.807, 2.05) is 24.3 Å². The normalized spacial score (nSPS) is 19.9. The summed E-state index contributed by atoms with van der Waals surface area (Å²) < 4.78 is 49.9. The Labute approximate surface area is 107 Å². The number of benzene rings is 1. The number of thioether (sulfide) groups is 1. The maximum atomic E-state index is 12.9. The maximum Gasteiger partial charge on any atom is 0.319 e. The van der Waals surface area contributed by atoms with Gasteiger partial charge in [0.15, 0.2) is 0 Å². The fraction of sp³-hybridized carbons (Fsp3) is 0.500. The molecule has 0 aliphatic carbocycles. The van der Waals surface area contributed by atoms with Crippen LogP contribution in [0.25, 0.3) is 0 Å². The van der Waals surface area contributed by atoms with Crippen LogP contribution >= 0.6 is 11.8 Å². The molecule has 0 amide bonds. The van der Waals surface area contributed by atoms with Crippen LogP contribution in [0.1, 0.15) is 18.0 Å². The highest BCUT2D eigenvalue weighted by Gasteiger charge is 2.41. The predicted molar refractivity (Wildman–Crippen MR) is 63.5 cm³/mol. The third kappa shape index (κ3) is 2.98. The second-order valence-electron chi connectivity index (χ2n) is 4.17. The lowest BCUT2D eigenvalue weighted by Gasteiger charge is -2.27. The monoisotopic (exact) mass is 279 g/mol. The molecule has 0 saturated heterocycles. The van der Waals surface area contributed by atoms with Gasteiger partial charge in [-0.25, -0.2) is 8.78 Å². The fourth-order valence-electron chi connectivity index (χ4n) is 1.89. The van der Waals surface area contributed by atoms with Crippen molar-refractivity contribution in [3.05, 3.63) is 29.8 Å². The van der Waals surface area contributed by atoms with Crippen LogP contribution in [0.15, 0.2) is 29.2 Å². The van der Waals surface area contributed by atoms with Gasteiger partial charge in [-0.1, -0.05) is 18.2 Å². The Kier molecular flexibility index (Phi) is 4.17. The number of hydrogen-bond donors (Lipinski definition) is 1. The third-order valence-electron chi connectivity index (χ3n) is 2.86. The summed E-state index contributed by atoms with van der Waals surface area (Å²) in [6.45, 7) is -0.992. The molecule has 1 aliphatic heterocycles. The number of nitrogens with one attached hydrogen (secondary N) is 1. The highest BCUT2D eigenvalue weighted by atomic mass is 32.2. The number of alkyl halides is 4. The summed E-state index contributed by atoms with van der Waals surface area (Å²) in [6.07, 6.45) is -2.96. The maximum absolute atomic E-state index is 12.9. The van der Waals surface area contributed by atoms with E-state index in [-0.39, 0.29) is 6.04 Å². The van der Waals surface area contributed by atoms with E-state index in [0.717, 1.165) is 16.2 Å². The molecule has 1 nitrogen and oxygen atoms in total. The van der Waals surface area contributed by atoms with Gasteiger partial charge >= 0.3 is 12.3 Å². The first-order valence-electron chi connectivity index (χ1n) is 5.62. The minimum atomic E-state index is -3.97. The lowest BCUT2D eigenvalue weighted by molar-refractivity contribution is -0.126. The average molecular weight is 279 g/mol. The number of halogens is 4. The first kappa shape index (κ1) is 13.7. The van der Waals surface area contributed by atoms with E-state index in [4.69, 9.17) is 0 Å². The van der Waals surface area contributed by atoms with Gasteiger partial charge in [0.05, 0.1) is 6.54 Å². The van der Waals surface area contributed by atoms with Gasteiger partial charge in [0.25, 0.3) is 0 Å². The highest BCUT2D eigenvalue weighted by Crippen LogP contribution is 2.36. The van der Waals surface area contributed by atoms with Crippen molar-refractivity contribution < 1.29 is 17.6 Å². The number of fused-ring (bicyclic) bond motifs is 1. The van der Waals surface area contributed by atoms with Crippen molar-refractivity contribution in [2.45, 2.75) is 29.7 Å². The largest absolute Gasteiger partial charge is 0.319 e. The van der Waals surface area contributed by atoms with Crippen LogP contribution in [0.5, 0.6) is 0 Å². The minimum Gasteiger partial charge on any atom is -0.304 e. The summed E-state index contributed by atoms with van der Waals surface area (Å²) in [6, 6.07) is 7.19. The van der Waals surface area contributed by atoms with Crippen molar-refractivity contribution in [1.82, 2.24) is 5.32 Å². The smallest absolute Gasteiger partial charge is 0.304 e. The molecule has 1 aliphatic rings. The Morgan fingerprint density at radius 2 is 2.06 bits per heavy atom. The lowest BCUT2D eigenvalue weighted by Crippen LogP contribution is -2.41. The summed E-state index contributed by atoms with van der Waals surface area (Å²) >= 11 is 1.66. The molecule has 1 aromatic rings. The second kappa shape index (κ2) is 5.48. The van der Waals surface area contributed by atoms with E-state index in [1.54, 1.807) is 11.8 Å². The Morgan fingerprint density at radius 1 is 1.33 bits per heavy atom. The van der Waals surface area contributed by atoms with Gasteiger partial charge in [0.1, 0.15) is 0 Å². The minimum absolute atomic E-state index is 0.271. The van der Waals surface area contributed by atoms with Crippen molar-refractivity contribution in [2.24, 2.45) is 0 Å². The summed E-state index contributed by atoms with van der Waals surface area (Å²) in [7, 11) is 0. The van der Waals surface area contributed by atoms with Crippen molar-refractivity contribution in [1.29, 1.82) is 0 Å². The fourth-order valence-corrected chi connectivity index (χ4v) is 3.02. The first-order chi connectivity index (χ1) is 8.50. The van der Waals surface area contributed by atoms with Gasteiger partial charge in [0, 0.05) is 10.9 Å². The number of hydrogen-bond acceptors (Lipinski definition) is 2. The molecule has 2 rings (SSSR count). The molecule has 1 aromatic carbocycles. The molecule has 1 heterocycles. The van der Waals surface area contributed by atoms with Gasteiger partial charge in [-0.2, -0.15) is 8.78 Å². The predicted octanol–water partition coefficient (Wildman–Crippen LogP) is 3.71. The zero-order valence-corrected chi connectivity index (χ0v) is 10.3. The van der Waals surface area contributed by atoms with Crippen molar-refractivity contribution in [2.75, 3.05) is 12.3 Å². The molecule has 0 spiro atoms. The van der Waals surface area contributed by atoms with Gasteiger partial charge in [0.2, 0.25) is 0 Å². The summed E-state index contributed by atoms with van der Waals surface area (Å²) in [5.41, 5.74) is 0.916. The quantitative estimate of drug-likeness (QED) is 0.843. The molecule has 100 valence electrons. The van der Waals surface area contributed by atoms with Crippen molar-refractivity contribution >= 4 is 11.8 Å². The summed E-state index contributed by atoms with van der Waals surface area (Å²) in [5, 5.41) is 2.56. The molecule has 0 aromatic heterocycles. The lowest BCUT2D eigenvalue weighted by atomic mass is 10.0. The third-order valence-corrected chi connectivity index (χ3v) is 3.98.